The Kier molecular flexibility index (Phi) is 5.75. The SMILES string of the molecule is COCCCSCc1ccc(CN)o1. The van der Waals surface area contributed by atoms with Gasteiger partial charge in [-0.05, 0) is 24.3 Å². The van der Waals surface area contributed by atoms with E-state index in [1.54, 1.807) is 7.11 Å². The fourth-order valence-corrected chi connectivity index (χ4v) is 1.91. The molecule has 0 aliphatic rings. The molecule has 1 heterocycles. The fourth-order valence-electron chi connectivity index (χ4n) is 1.09. The van der Waals surface area contributed by atoms with Crippen LogP contribution < -0.4 is 5.73 Å². The van der Waals surface area contributed by atoms with Gasteiger partial charge in [-0.2, -0.15) is 11.8 Å². The molecule has 0 saturated heterocycles. The van der Waals surface area contributed by atoms with Crippen molar-refractivity contribution in [3.05, 3.63) is 23.7 Å². The number of thioether (sulfide) groups is 1. The number of hydrogen-bond donors (Lipinski definition) is 1. The summed E-state index contributed by atoms with van der Waals surface area (Å²) >= 11 is 1.86. The molecule has 14 heavy (non-hydrogen) atoms. The van der Waals surface area contributed by atoms with Crippen LogP contribution in [0.2, 0.25) is 0 Å². The summed E-state index contributed by atoms with van der Waals surface area (Å²) < 4.78 is 10.4. The van der Waals surface area contributed by atoms with E-state index in [0.717, 1.165) is 36.1 Å². The molecule has 1 aromatic heterocycles. The third-order valence-electron chi connectivity index (χ3n) is 1.80. The molecule has 3 nitrogen and oxygen atoms in total. The van der Waals surface area contributed by atoms with Crippen molar-refractivity contribution in [3.8, 4) is 0 Å². The Hall–Kier alpha value is -0.450. The van der Waals surface area contributed by atoms with Crippen LogP contribution in [0, 0.1) is 0 Å². The Balaban J connectivity index is 2.12. The van der Waals surface area contributed by atoms with Crippen molar-refractivity contribution >= 4 is 11.8 Å². The lowest BCUT2D eigenvalue weighted by molar-refractivity contribution is 0.200. The molecule has 4 heteroatoms. The number of furan rings is 1. The predicted octanol–water partition coefficient (Wildman–Crippen LogP) is 2.01. The summed E-state index contributed by atoms with van der Waals surface area (Å²) in [6, 6.07) is 3.93. The molecule has 1 rings (SSSR count). The molecule has 0 bridgehead atoms. The van der Waals surface area contributed by atoms with Crippen LogP contribution in [-0.2, 0) is 17.0 Å². The van der Waals surface area contributed by atoms with Crippen molar-refractivity contribution in [2.24, 2.45) is 5.73 Å². The molecule has 0 fully saturated rings. The highest BCUT2D eigenvalue weighted by molar-refractivity contribution is 7.98. The molecule has 0 spiro atoms. The van der Waals surface area contributed by atoms with Gasteiger partial charge in [0, 0.05) is 13.7 Å². The number of methoxy groups -OCH3 is 1. The molecule has 0 amide bonds. The van der Waals surface area contributed by atoms with Crippen molar-refractivity contribution < 1.29 is 9.15 Å². The molecule has 0 saturated carbocycles. The Morgan fingerprint density at radius 3 is 2.86 bits per heavy atom. The van der Waals surface area contributed by atoms with Gasteiger partial charge >= 0.3 is 0 Å². The molecule has 2 N–H and O–H groups in total. The van der Waals surface area contributed by atoms with E-state index in [4.69, 9.17) is 14.9 Å². The van der Waals surface area contributed by atoms with E-state index < -0.39 is 0 Å². The molecule has 80 valence electrons. The average Bonchev–Trinajstić information content (AvgIpc) is 2.65. The molecule has 0 aliphatic heterocycles. The molecule has 0 aliphatic carbocycles. The van der Waals surface area contributed by atoms with Gasteiger partial charge in [-0.15, -0.1) is 0 Å². The van der Waals surface area contributed by atoms with Crippen molar-refractivity contribution in [1.29, 1.82) is 0 Å². The zero-order chi connectivity index (χ0) is 10.2. The lowest BCUT2D eigenvalue weighted by Gasteiger charge is -1.98. The monoisotopic (exact) mass is 215 g/mol. The van der Waals surface area contributed by atoms with E-state index in [2.05, 4.69) is 0 Å². The second-order valence-corrected chi connectivity index (χ2v) is 4.08. The van der Waals surface area contributed by atoms with Crippen LogP contribution in [-0.4, -0.2) is 19.5 Å². The topological polar surface area (TPSA) is 48.4 Å². The first-order valence-electron chi connectivity index (χ1n) is 4.71. The van der Waals surface area contributed by atoms with Gasteiger partial charge in [0.2, 0.25) is 0 Å². The summed E-state index contributed by atoms with van der Waals surface area (Å²) in [6.07, 6.45) is 1.09. The van der Waals surface area contributed by atoms with Gasteiger partial charge in [0.05, 0.1) is 12.3 Å². The van der Waals surface area contributed by atoms with E-state index in [-0.39, 0.29) is 0 Å². The fraction of sp³-hybridized carbons (Fsp3) is 0.600. The van der Waals surface area contributed by atoms with Crippen LogP contribution in [0.15, 0.2) is 16.5 Å². The Morgan fingerprint density at radius 2 is 2.21 bits per heavy atom. The van der Waals surface area contributed by atoms with Crippen molar-refractivity contribution in [2.45, 2.75) is 18.7 Å². The van der Waals surface area contributed by atoms with Crippen LogP contribution in [0.25, 0.3) is 0 Å². The highest BCUT2D eigenvalue weighted by Gasteiger charge is 1.99. The number of hydrogen-bond acceptors (Lipinski definition) is 4. The lowest BCUT2D eigenvalue weighted by atomic mass is 10.4. The van der Waals surface area contributed by atoms with Gasteiger partial charge in [-0.25, -0.2) is 0 Å². The maximum atomic E-state index is 5.46. The van der Waals surface area contributed by atoms with Crippen LogP contribution in [0.4, 0.5) is 0 Å². The normalized spacial score (nSPS) is 10.7. The molecular formula is C10H17NO2S. The van der Waals surface area contributed by atoms with Crippen LogP contribution >= 0.6 is 11.8 Å². The van der Waals surface area contributed by atoms with Gasteiger partial charge in [0.15, 0.2) is 0 Å². The molecular weight excluding hydrogens is 198 g/mol. The summed E-state index contributed by atoms with van der Waals surface area (Å²) in [5.74, 6) is 3.89. The summed E-state index contributed by atoms with van der Waals surface area (Å²) in [6.45, 7) is 1.31. The van der Waals surface area contributed by atoms with Gasteiger partial charge < -0.3 is 14.9 Å². The van der Waals surface area contributed by atoms with E-state index in [1.807, 2.05) is 23.9 Å². The van der Waals surface area contributed by atoms with Crippen LogP contribution in [0.3, 0.4) is 0 Å². The maximum Gasteiger partial charge on any atom is 0.117 e. The van der Waals surface area contributed by atoms with Gasteiger partial charge in [-0.3, -0.25) is 0 Å². The largest absolute Gasteiger partial charge is 0.464 e. The third-order valence-corrected chi connectivity index (χ3v) is 2.87. The number of nitrogens with two attached hydrogens (primary N) is 1. The minimum atomic E-state index is 0.480. The summed E-state index contributed by atoms with van der Waals surface area (Å²) in [5.41, 5.74) is 5.44. The third kappa shape index (κ3) is 4.17. The quantitative estimate of drug-likeness (QED) is 0.707. The lowest BCUT2D eigenvalue weighted by Crippen LogP contribution is -1.93. The van der Waals surface area contributed by atoms with E-state index in [1.165, 1.54) is 0 Å². The first kappa shape index (κ1) is 11.6. The minimum absolute atomic E-state index is 0.480. The Bertz CT molecular complexity index is 250. The van der Waals surface area contributed by atoms with E-state index in [9.17, 15) is 0 Å². The van der Waals surface area contributed by atoms with Gasteiger partial charge in [0.1, 0.15) is 11.5 Å². The van der Waals surface area contributed by atoms with Crippen LogP contribution in [0.1, 0.15) is 17.9 Å². The minimum Gasteiger partial charge on any atom is -0.464 e. The maximum absolute atomic E-state index is 5.46. The Labute approximate surface area is 89.0 Å². The number of ether oxygens (including phenoxy) is 1. The molecule has 1 aromatic rings. The second-order valence-electron chi connectivity index (χ2n) is 2.97. The molecule has 0 atom stereocenters. The highest BCUT2D eigenvalue weighted by atomic mass is 32.2. The summed E-state index contributed by atoms with van der Waals surface area (Å²) in [4.78, 5) is 0. The van der Waals surface area contributed by atoms with E-state index in [0.29, 0.717) is 6.54 Å². The van der Waals surface area contributed by atoms with Crippen LogP contribution in [0.5, 0.6) is 0 Å². The van der Waals surface area contributed by atoms with Crippen molar-refractivity contribution in [3.63, 3.8) is 0 Å². The van der Waals surface area contributed by atoms with E-state index >= 15 is 0 Å². The smallest absolute Gasteiger partial charge is 0.117 e. The van der Waals surface area contributed by atoms with Crippen molar-refractivity contribution in [2.75, 3.05) is 19.5 Å². The zero-order valence-electron chi connectivity index (χ0n) is 8.49. The molecule has 0 aromatic carbocycles. The van der Waals surface area contributed by atoms with Crippen molar-refractivity contribution in [1.82, 2.24) is 0 Å². The molecule has 0 unspecified atom stereocenters. The standard InChI is InChI=1S/C10H17NO2S/c1-12-5-2-6-14-8-10-4-3-9(7-11)13-10/h3-4H,2,5-8,11H2,1H3. The Morgan fingerprint density at radius 1 is 1.43 bits per heavy atom. The second kappa shape index (κ2) is 6.92. The predicted molar refractivity (Wildman–Crippen MR) is 59.3 cm³/mol. The van der Waals surface area contributed by atoms with Gasteiger partial charge in [-0.1, -0.05) is 0 Å². The number of rotatable bonds is 7. The highest BCUT2D eigenvalue weighted by Crippen LogP contribution is 2.15. The summed E-state index contributed by atoms with van der Waals surface area (Å²) in [5, 5.41) is 0. The molecule has 0 radical (unpaired) electrons. The first-order chi connectivity index (χ1) is 6.86. The average molecular weight is 215 g/mol. The summed E-state index contributed by atoms with van der Waals surface area (Å²) in [7, 11) is 1.73. The van der Waals surface area contributed by atoms with Gasteiger partial charge in [0.25, 0.3) is 0 Å². The zero-order valence-corrected chi connectivity index (χ0v) is 9.31. The first-order valence-corrected chi connectivity index (χ1v) is 5.86.